The van der Waals surface area contributed by atoms with Crippen molar-refractivity contribution in [2.24, 2.45) is 5.73 Å². The number of hydrogen-bond acceptors (Lipinski definition) is 2. The third kappa shape index (κ3) is 2.26. The van der Waals surface area contributed by atoms with Crippen LogP contribution in [0, 0.1) is 5.82 Å². The van der Waals surface area contributed by atoms with Gasteiger partial charge in [-0.05, 0) is 29.8 Å². The highest BCUT2D eigenvalue weighted by molar-refractivity contribution is 6.36. The summed E-state index contributed by atoms with van der Waals surface area (Å²) < 4.78 is 15.4. The van der Waals surface area contributed by atoms with Crippen molar-refractivity contribution in [2.75, 3.05) is 0 Å². The van der Waals surface area contributed by atoms with Crippen LogP contribution in [-0.2, 0) is 6.54 Å². The molecule has 0 bridgehead atoms. The van der Waals surface area contributed by atoms with Gasteiger partial charge in [0.05, 0.1) is 15.7 Å². The number of aromatic nitrogens is 2. The number of imidazole rings is 1. The standard InChI is InChI=1S/C14H10Cl2FN3/c15-10-5-11(16)12(17)4-9(10)13-7-20-2-1-8(6-18)3-14(20)19-13/h1-5,7H,6,18H2. The van der Waals surface area contributed by atoms with Crippen LogP contribution in [0.2, 0.25) is 10.0 Å². The van der Waals surface area contributed by atoms with Gasteiger partial charge in [-0.1, -0.05) is 23.2 Å². The van der Waals surface area contributed by atoms with E-state index in [4.69, 9.17) is 28.9 Å². The van der Waals surface area contributed by atoms with E-state index in [0.717, 1.165) is 11.2 Å². The van der Waals surface area contributed by atoms with Gasteiger partial charge in [0.25, 0.3) is 0 Å². The number of halogens is 3. The van der Waals surface area contributed by atoms with Crippen LogP contribution in [0.5, 0.6) is 0 Å². The fraction of sp³-hybridized carbons (Fsp3) is 0.0714. The molecule has 0 aliphatic carbocycles. The van der Waals surface area contributed by atoms with E-state index in [0.29, 0.717) is 22.8 Å². The highest BCUT2D eigenvalue weighted by Crippen LogP contribution is 2.31. The van der Waals surface area contributed by atoms with Crippen LogP contribution >= 0.6 is 23.2 Å². The molecule has 3 aromatic rings. The number of pyridine rings is 1. The number of nitrogens with zero attached hydrogens (tertiary/aromatic N) is 2. The summed E-state index contributed by atoms with van der Waals surface area (Å²) in [6.07, 6.45) is 3.64. The summed E-state index contributed by atoms with van der Waals surface area (Å²) in [6.45, 7) is 0.440. The van der Waals surface area contributed by atoms with E-state index < -0.39 is 5.82 Å². The highest BCUT2D eigenvalue weighted by atomic mass is 35.5. The number of nitrogens with two attached hydrogens (primary N) is 1. The van der Waals surface area contributed by atoms with Crippen molar-refractivity contribution < 1.29 is 4.39 Å². The second-order valence-electron chi connectivity index (χ2n) is 4.38. The lowest BCUT2D eigenvalue weighted by molar-refractivity contribution is 0.629. The van der Waals surface area contributed by atoms with Crippen molar-refractivity contribution in [1.82, 2.24) is 9.38 Å². The molecular formula is C14H10Cl2FN3. The molecule has 0 saturated heterocycles. The van der Waals surface area contributed by atoms with Gasteiger partial charge in [-0.3, -0.25) is 0 Å². The van der Waals surface area contributed by atoms with Gasteiger partial charge < -0.3 is 10.1 Å². The second kappa shape index (κ2) is 5.05. The Morgan fingerprint density at radius 1 is 1.20 bits per heavy atom. The van der Waals surface area contributed by atoms with Gasteiger partial charge in [0, 0.05) is 24.5 Å². The van der Waals surface area contributed by atoms with Crippen LogP contribution in [0.25, 0.3) is 16.9 Å². The van der Waals surface area contributed by atoms with Crippen molar-refractivity contribution in [3.05, 3.63) is 58.1 Å². The SMILES string of the molecule is NCc1ccn2cc(-c3cc(F)c(Cl)cc3Cl)nc2c1. The molecule has 0 radical (unpaired) electrons. The molecule has 20 heavy (non-hydrogen) atoms. The molecule has 6 heteroatoms. The van der Waals surface area contributed by atoms with E-state index in [9.17, 15) is 4.39 Å². The zero-order valence-corrected chi connectivity index (χ0v) is 11.8. The van der Waals surface area contributed by atoms with Crippen molar-refractivity contribution in [1.29, 1.82) is 0 Å². The molecule has 3 rings (SSSR count). The third-order valence-electron chi connectivity index (χ3n) is 3.05. The van der Waals surface area contributed by atoms with E-state index in [2.05, 4.69) is 4.98 Å². The summed E-state index contributed by atoms with van der Waals surface area (Å²) in [5, 5.41) is 0.354. The van der Waals surface area contributed by atoms with E-state index in [-0.39, 0.29) is 5.02 Å². The van der Waals surface area contributed by atoms with Gasteiger partial charge in [0.2, 0.25) is 0 Å². The van der Waals surface area contributed by atoms with Crippen LogP contribution < -0.4 is 5.73 Å². The lowest BCUT2D eigenvalue weighted by Gasteiger charge is -2.02. The minimum atomic E-state index is -0.522. The first-order valence-electron chi connectivity index (χ1n) is 5.91. The highest BCUT2D eigenvalue weighted by Gasteiger charge is 2.12. The molecule has 0 atom stereocenters. The first kappa shape index (κ1) is 13.4. The summed E-state index contributed by atoms with van der Waals surface area (Å²) in [4.78, 5) is 4.44. The predicted octanol–water partition coefficient (Wildman–Crippen LogP) is 3.91. The molecule has 2 aromatic heterocycles. The summed E-state index contributed by atoms with van der Waals surface area (Å²) >= 11 is 11.8. The summed E-state index contributed by atoms with van der Waals surface area (Å²) in [5.74, 6) is -0.522. The summed E-state index contributed by atoms with van der Waals surface area (Å²) in [7, 11) is 0. The van der Waals surface area contributed by atoms with Crippen LogP contribution in [-0.4, -0.2) is 9.38 Å². The Hall–Kier alpha value is -1.62. The number of fused-ring (bicyclic) bond motifs is 1. The molecule has 1 aromatic carbocycles. The Morgan fingerprint density at radius 3 is 2.75 bits per heavy atom. The maximum Gasteiger partial charge on any atom is 0.142 e. The molecule has 0 unspecified atom stereocenters. The monoisotopic (exact) mass is 309 g/mol. The van der Waals surface area contributed by atoms with Gasteiger partial charge in [-0.2, -0.15) is 0 Å². The van der Waals surface area contributed by atoms with Crippen molar-refractivity contribution in [3.63, 3.8) is 0 Å². The van der Waals surface area contributed by atoms with Gasteiger partial charge in [-0.15, -0.1) is 0 Å². The zero-order valence-electron chi connectivity index (χ0n) is 10.3. The van der Waals surface area contributed by atoms with E-state index in [1.54, 1.807) is 6.20 Å². The van der Waals surface area contributed by atoms with Crippen LogP contribution in [0.1, 0.15) is 5.56 Å². The molecule has 0 amide bonds. The fourth-order valence-corrected chi connectivity index (χ4v) is 2.48. The van der Waals surface area contributed by atoms with E-state index >= 15 is 0 Å². The second-order valence-corrected chi connectivity index (χ2v) is 5.19. The molecule has 2 N–H and O–H groups in total. The summed E-state index contributed by atoms with van der Waals surface area (Å²) in [5.41, 5.74) is 8.39. The van der Waals surface area contributed by atoms with Crippen molar-refractivity contribution in [2.45, 2.75) is 6.54 Å². The van der Waals surface area contributed by atoms with Crippen molar-refractivity contribution >= 4 is 28.8 Å². The lowest BCUT2D eigenvalue weighted by atomic mass is 10.1. The molecule has 0 fully saturated rings. The quantitative estimate of drug-likeness (QED) is 0.729. The van der Waals surface area contributed by atoms with Gasteiger partial charge >= 0.3 is 0 Å². The Morgan fingerprint density at radius 2 is 2.00 bits per heavy atom. The Labute approximate surface area is 124 Å². The molecule has 0 aliphatic rings. The normalized spacial score (nSPS) is 11.2. The largest absolute Gasteiger partial charge is 0.326 e. The van der Waals surface area contributed by atoms with E-state index in [1.165, 1.54) is 12.1 Å². The average molecular weight is 310 g/mol. The topological polar surface area (TPSA) is 43.3 Å². The molecule has 2 heterocycles. The van der Waals surface area contributed by atoms with Crippen LogP contribution in [0.15, 0.2) is 36.7 Å². The molecular weight excluding hydrogens is 300 g/mol. The number of hydrogen-bond donors (Lipinski definition) is 1. The van der Waals surface area contributed by atoms with Crippen LogP contribution in [0.3, 0.4) is 0 Å². The molecule has 0 spiro atoms. The zero-order chi connectivity index (χ0) is 14.3. The summed E-state index contributed by atoms with van der Waals surface area (Å²) in [6, 6.07) is 6.45. The third-order valence-corrected chi connectivity index (χ3v) is 3.65. The smallest absolute Gasteiger partial charge is 0.142 e. The molecule has 0 saturated carbocycles. The first-order chi connectivity index (χ1) is 9.58. The fourth-order valence-electron chi connectivity index (χ4n) is 2.00. The minimum Gasteiger partial charge on any atom is -0.326 e. The minimum absolute atomic E-state index is 0.00654. The molecule has 0 aliphatic heterocycles. The maximum absolute atomic E-state index is 13.6. The number of rotatable bonds is 2. The van der Waals surface area contributed by atoms with Gasteiger partial charge in [0.15, 0.2) is 0 Å². The Bertz CT molecular complexity index is 798. The lowest BCUT2D eigenvalue weighted by Crippen LogP contribution is -1.96. The Balaban J connectivity index is 2.17. The van der Waals surface area contributed by atoms with Crippen LogP contribution in [0.4, 0.5) is 4.39 Å². The van der Waals surface area contributed by atoms with E-state index in [1.807, 2.05) is 22.7 Å². The average Bonchev–Trinajstić information content (AvgIpc) is 2.85. The van der Waals surface area contributed by atoms with Crippen molar-refractivity contribution in [3.8, 4) is 11.3 Å². The molecule has 102 valence electrons. The van der Waals surface area contributed by atoms with Gasteiger partial charge in [-0.25, -0.2) is 9.37 Å². The van der Waals surface area contributed by atoms with Gasteiger partial charge in [0.1, 0.15) is 11.5 Å². The first-order valence-corrected chi connectivity index (χ1v) is 6.66. The number of benzene rings is 1. The molecule has 3 nitrogen and oxygen atoms in total. The predicted molar refractivity (Wildman–Crippen MR) is 78.5 cm³/mol. The Kier molecular flexibility index (Phi) is 3.38. The maximum atomic E-state index is 13.6.